The number of carbonyl (C=O) groups is 1. The standard InChI is InChI=1S/C31H33ClF3N5O5S/c32-24-7-5-23(6-8-24)30(11-12-30)39-27-36-26(37-28(38-27)45-20-31(33,34)35)17-21-1-3-22(4-2-21)25(41)18-46(42,43)29(9-10-29)19-40-13-15-44-16-14-40/h1-8H,9-20H2,(H,36,37,38,39). The molecular formula is C31H33ClF3N5O5S. The molecule has 2 aromatic carbocycles. The van der Waals surface area contributed by atoms with E-state index in [2.05, 4.69) is 25.2 Å². The summed E-state index contributed by atoms with van der Waals surface area (Å²) in [5.41, 5.74) is 1.35. The Labute approximate surface area is 269 Å². The molecule has 0 radical (unpaired) electrons. The molecule has 2 heterocycles. The van der Waals surface area contributed by atoms with Crippen molar-refractivity contribution in [3.05, 3.63) is 76.1 Å². The second-order valence-electron chi connectivity index (χ2n) is 12.1. The van der Waals surface area contributed by atoms with Gasteiger partial charge in [-0.25, -0.2) is 8.42 Å². The van der Waals surface area contributed by atoms with E-state index in [1.807, 2.05) is 12.1 Å². The molecule has 1 saturated heterocycles. The van der Waals surface area contributed by atoms with Crippen LogP contribution in [0, 0.1) is 0 Å². The summed E-state index contributed by atoms with van der Waals surface area (Å²) >= 11 is 6.03. The zero-order chi connectivity index (χ0) is 32.6. The second-order valence-corrected chi connectivity index (χ2v) is 14.9. The molecule has 15 heteroatoms. The Morgan fingerprint density at radius 3 is 2.26 bits per heavy atom. The molecule has 3 aromatic rings. The number of nitrogens with one attached hydrogen (secondary N) is 1. The predicted molar refractivity (Wildman–Crippen MR) is 164 cm³/mol. The first kappa shape index (κ1) is 32.6. The lowest BCUT2D eigenvalue weighted by molar-refractivity contribution is -0.154. The van der Waals surface area contributed by atoms with Crippen LogP contribution in [0.3, 0.4) is 0 Å². The summed E-state index contributed by atoms with van der Waals surface area (Å²) in [5.74, 6) is -0.847. The number of hydrogen-bond acceptors (Lipinski definition) is 10. The maximum atomic E-state index is 13.3. The first-order valence-electron chi connectivity index (χ1n) is 15.0. The van der Waals surface area contributed by atoms with Crippen LogP contribution >= 0.6 is 11.6 Å². The van der Waals surface area contributed by atoms with Crippen LogP contribution in [-0.2, 0) is 26.5 Å². The largest absolute Gasteiger partial charge is 0.454 e. The van der Waals surface area contributed by atoms with Crippen LogP contribution in [0.25, 0.3) is 0 Å². The van der Waals surface area contributed by atoms with Gasteiger partial charge in [0.25, 0.3) is 0 Å². The highest BCUT2D eigenvalue weighted by Crippen LogP contribution is 2.48. The number of halogens is 4. The minimum atomic E-state index is -4.58. The van der Waals surface area contributed by atoms with Gasteiger partial charge in [0.2, 0.25) is 5.95 Å². The number of ether oxygens (including phenoxy) is 2. The zero-order valence-corrected chi connectivity index (χ0v) is 26.4. The van der Waals surface area contributed by atoms with Crippen LogP contribution in [0.5, 0.6) is 6.01 Å². The van der Waals surface area contributed by atoms with E-state index in [0.717, 1.165) is 18.4 Å². The van der Waals surface area contributed by atoms with Gasteiger partial charge in [-0.3, -0.25) is 9.69 Å². The molecular weight excluding hydrogens is 647 g/mol. The van der Waals surface area contributed by atoms with Crippen molar-refractivity contribution in [2.45, 2.75) is 48.6 Å². The van der Waals surface area contributed by atoms with Crippen molar-refractivity contribution >= 4 is 33.2 Å². The van der Waals surface area contributed by atoms with Gasteiger partial charge in [-0.05, 0) is 48.9 Å². The second kappa shape index (κ2) is 12.7. The molecule has 0 amide bonds. The molecule has 3 aliphatic rings. The maximum Gasteiger partial charge on any atom is 0.422 e. The molecule has 10 nitrogen and oxygen atoms in total. The first-order chi connectivity index (χ1) is 21.8. The summed E-state index contributed by atoms with van der Waals surface area (Å²) in [6.45, 7) is 1.32. The first-order valence-corrected chi connectivity index (χ1v) is 17.0. The third-order valence-corrected chi connectivity index (χ3v) is 11.3. The van der Waals surface area contributed by atoms with Crippen molar-refractivity contribution in [1.29, 1.82) is 0 Å². The van der Waals surface area contributed by atoms with E-state index in [1.165, 1.54) is 12.1 Å². The molecule has 1 N–H and O–H groups in total. The summed E-state index contributed by atoms with van der Waals surface area (Å²) in [4.78, 5) is 27.8. The van der Waals surface area contributed by atoms with E-state index in [9.17, 15) is 26.4 Å². The molecule has 246 valence electrons. The highest BCUT2D eigenvalue weighted by atomic mass is 35.5. The third kappa shape index (κ3) is 7.79. The van der Waals surface area contributed by atoms with Gasteiger partial charge in [0.15, 0.2) is 22.2 Å². The number of nitrogens with zero attached hydrogens (tertiary/aromatic N) is 4. The topological polar surface area (TPSA) is 124 Å². The van der Waals surface area contributed by atoms with E-state index in [4.69, 9.17) is 21.1 Å². The van der Waals surface area contributed by atoms with Gasteiger partial charge in [-0.15, -0.1) is 0 Å². The highest BCUT2D eigenvalue weighted by molar-refractivity contribution is 7.93. The van der Waals surface area contributed by atoms with Crippen molar-refractivity contribution < 1.29 is 35.9 Å². The molecule has 1 aliphatic heterocycles. The highest BCUT2D eigenvalue weighted by Gasteiger charge is 2.55. The Bertz CT molecular complexity index is 1680. The lowest BCUT2D eigenvalue weighted by Crippen LogP contribution is -2.45. The number of carbonyl (C=O) groups excluding carboxylic acids is 1. The Balaban J connectivity index is 1.14. The minimum Gasteiger partial charge on any atom is -0.454 e. The number of morpholine rings is 1. The van der Waals surface area contributed by atoms with Crippen molar-refractivity contribution in [2.24, 2.45) is 0 Å². The van der Waals surface area contributed by atoms with Crippen LogP contribution in [0.15, 0.2) is 48.5 Å². The van der Waals surface area contributed by atoms with E-state index in [0.29, 0.717) is 56.3 Å². The van der Waals surface area contributed by atoms with E-state index in [1.54, 1.807) is 24.3 Å². The van der Waals surface area contributed by atoms with E-state index in [-0.39, 0.29) is 23.8 Å². The van der Waals surface area contributed by atoms with Gasteiger partial charge < -0.3 is 14.8 Å². The normalized spacial score (nSPS) is 19.0. The predicted octanol–water partition coefficient (Wildman–Crippen LogP) is 4.62. The van der Waals surface area contributed by atoms with Gasteiger partial charge in [0.05, 0.1) is 23.5 Å². The fourth-order valence-electron chi connectivity index (χ4n) is 5.61. The van der Waals surface area contributed by atoms with E-state index < -0.39 is 50.5 Å². The number of rotatable bonds is 13. The molecule has 0 unspecified atom stereocenters. The molecule has 2 saturated carbocycles. The lowest BCUT2D eigenvalue weighted by Gasteiger charge is -2.30. The number of aromatic nitrogens is 3. The molecule has 2 aliphatic carbocycles. The Morgan fingerprint density at radius 2 is 1.65 bits per heavy atom. The molecule has 1 aromatic heterocycles. The van der Waals surface area contributed by atoms with Gasteiger partial charge in [-0.1, -0.05) is 48.0 Å². The number of alkyl halides is 3. The van der Waals surface area contributed by atoms with Crippen LogP contribution in [0.2, 0.25) is 5.02 Å². The van der Waals surface area contributed by atoms with Gasteiger partial charge in [0.1, 0.15) is 11.6 Å². The number of benzene rings is 2. The number of sulfone groups is 1. The van der Waals surface area contributed by atoms with Crippen LogP contribution in [-0.4, -0.2) is 90.2 Å². The molecule has 6 rings (SSSR count). The summed E-state index contributed by atoms with van der Waals surface area (Å²) in [6.07, 6.45) is -1.89. The third-order valence-electron chi connectivity index (χ3n) is 8.57. The van der Waals surface area contributed by atoms with Gasteiger partial charge in [0, 0.05) is 36.6 Å². The van der Waals surface area contributed by atoms with Gasteiger partial charge in [-0.2, -0.15) is 28.1 Å². The number of ketones is 1. The van der Waals surface area contributed by atoms with Crippen LogP contribution in [0.1, 0.15) is 53.0 Å². The zero-order valence-electron chi connectivity index (χ0n) is 24.9. The van der Waals surface area contributed by atoms with Crippen molar-refractivity contribution in [3.8, 4) is 6.01 Å². The summed E-state index contributed by atoms with van der Waals surface area (Å²) in [6, 6.07) is 13.1. The number of hydrogen-bond donors (Lipinski definition) is 1. The molecule has 46 heavy (non-hydrogen) atoms. The van der Waals surface area contributed by atoms with E-state index >= 15 is 0 Å². The molecule has 0 bridgehead atoms. The lowest BCUT2D eigenvalue weighted by atomic mass is 10.1. The minimum absolute atomic E-state index is 0.0673. The average Bonchev–Trinajstić information content (AvgIpc) is 3.95. The smallest absolute Gasteiger partial charge is 0.422 e. The summed E-state index contributed by atoms with van der Waals surface area (Å²) in [5, 5.41) is 3.82. The fourth-order valence-corrected chi connectivity index (χ4v) is 7.66. The summed E-state index contributed by atoms with van der Waals surface area (Å²) < 4.78 is 74.6. The van der Waals surface area contributed by atoms with Crippen molar-refractivity contribution in [3.63, 3.8) is 0 Å². The average molecular weight is 680 g/mol. The maximum absolute atomic E-state index is 13.3. The van der Waals surface area contributed by atoms with Crippen molar-refractivity contribution in [2.75, 3.05) is 50.5 Å². The Hall–Kier alpha value is -3.33. The number of Topliss-reactive ketones (excluding diaryl/α,β-unsaturated/α-hetero) is 1. The quantitative estimate of drug-likeness (QED) is 0.256. The fraction of sp³-hybridized carbons (Fsp3) is 0.484. The molecule has 0 atom stereocenters. The monoisotopic (exact) mass is 679 g/mol. The molecule has 3 fully saturated rings. The SMILES string of the molecule is O=C(CS(=O)(=O)C1(CN2CCOCC2)CC1)c1ccc(Cc2nc(NC3(c4ccc(Cl)cc4)CC3)nc(OCC(F)(F)F)n2)cc1. The van der Waals surface area contributed by atoms with Crippen molar-refractivity contribution in [1.82, 2.24) is 19.9 Å². The molecule has 0 spiro atoms. The van der Waals surface area contributed by atoms with Gasteiger partial charge >= 0.3 is 12.2 Å². The number of anilines is 1. The summed E-state index contributed by atoms with van der Waals surface area (Å²) in [7, 11) is -3.68. The van der Waals surface area contributed by atoms with Crippen LogP contribution in [0.4, 0.5) is 19.1 Å². The van der Waals surface area contributed by atoms with Crippen LogP contribution < -0.4 is 10.1 Å². The Morgan fingerprint density at radius 1 is 0.978 bits per heavy atom. The Kier molecular flexibility index (Phi) is 9.00.